The van der Waals surface area contributed by atoms with E-state index in [-0.39, 0.29) is 17.6 Å². The van der Waals surface area contributed by atoms with Crippen molar-refractivity contribution in [3.8, 4) is 0 Å². The lowest BCUT2D eigenvalue weighted by Crippen LogP contribution is -2.29. The van der Waals surface area contributed by atoms with Gasteiger partial charge in [-0.05, 0) is 63.2 Å². The van der Waals surface area contributed by atoms with Gasteiger partial charge in [0, 0.05) is 13.1 Å². The minimum absolute atomic E-state index is 0.0887. The second kappa shape index (κ2) is 6.54. The highest BCUT2D eigenvalue weighted by molar-refractivity contribution is 7.89. The number of sulfonamides is 1. The van der Waals surface area contributed by atoms with E-state index < -0.39 is 10.0 Å². The third-order valence-electron chi connectivity index (χ3n) is 5.49. The van der Waals surface area contributed by atoms with E-state index in [1.54, 1.807) is 23.4 Å². The lowest BCUT2D eigenvalue weighted by Gasteiger charge is -2.18. The molecule has 1 heterocycles. The zero-order valence-electron chi connectivity index (χ0n) is 15.1. The van der Waals surface area contributed by atoms with Gasteiger partial charge in [-0.25, -0.2) is 8.42 Å². The maximum Gasteiger partial charge on any atom is 0.243 e. The van der Waals surface area contributed by atoms with Crippen LogP contribution in [-0.2, 0) is 14.8 Å². The molecule has 0 N–H and O–H groups in total. The van der Waals surface area contributed by atoms with E-state index in [4.69, 9.17) is 0 Å². The fourth-order valence-electron chi connectivity index (χ4n) is 4.02. The lowest BCUT2D eigenvalue weighted by molar-refractivity contribution is -0.113. The van der Waals surface area contributed by atoms with Crippen molar-refractivity contribution < 1.29 is 13.2 Å². The molecular formula is C20H25NO3S. The number of carbonyl (C=O) groups excluding carboxylic acids is 1. The predicted molar refractivity (Wildman–Crippen MR) is 98.7 cm³/mol. The number of carbonyl (C=O) groups is 1. The number of nitrogens with zero attached hydrogens (tertiary/aromatic N) is 1. The highest BCUT2D eigenvalue weighted by Gasteiger charge is 2.42. The number of ketones is 1. The summed E-state index contributed by atoms with van der Waals surface area (Å²) in [6, 6.07) is 6.97. The Hall–Kier alpha value is -1.72. The Kier molecular flexibility index (Phi) is 4.73. The molecule has 4 nitrogen and oxygen atoms in total. The first-order chi connectivity index (χ1) is 11.7. The third kappa shape index (κ3) is 3.35. The Morgan fingerprint density at radius 1 is 1.16 bits per heavy atom. The Bertz CT molecular complexity index is 849. The number of hydrogen-bond acceptors (Lipinski definition) is 3. The fraction of sp³-hybridized carbons (Fsp3) is 0.450. The van der Waals surface area contributed by atoms with Crippen molar-refractivity contribution in [3.63, 3.8) is 0 Å². The lowest BCUT2D eigenvalue weighted by atomic mass is 9.87. The van der Waals surface area contributed by atoms with Crippen LogP contribution < -0.4 is 0 Å². The molecule has 0 amide bonds. The summed E-state index contributed by atoms with van der Waals surface area (Å²) in [5.74, 6) is 0.335. The summed E-state index contributed by atoms with van der Waals surface area (Å²) in [6.07, 6.45) is 1.33. The minimum atomic E-state index is -3.51. The average molecular weight is 359 g/mol. The van der Waals surface area contributed by atoms with Crippen molar-refractivity contribution in [2.45, 2.75) is 38.5 Å². The SMILES string of the molecule is C=C1CC(C)=C(C(C)=O)CC2CN(S(=O)(=O)c3ccc(C)cc3)CC12. The normalized spacial score (nSPS) is 25.0. The molecule has 134 valence electrons. The van der Waals surface area contributed by atoms with Crippen LogP contribution in [0.3, 0.4) is 0 Å². The van der Waals surface area contributed by atoms with Crippen LogP contribution in [-0.4, -0.2) is 31.6 Å². The van der Waals surface area contributed by atoms with E-state index in [1.807, 2.05) is 26.0 Å². The number of Topliss-reactive ketones (excluding diaryl/α,β-unsaturated/α-hetero) is 1. The van der Waals surface area contributed by atoms with E-state index in [9.17, 15) is 13.2 Å². The molecule has 25 heavy (non-hydrogen) atoms. The number of hydrogen-bond donors (Lipinski definition) is 0. The van der Waals surface area contributed by atoms with E-state index in [0.29, 0.717) is 30.8 Å². The Morgan fingerprint density at radius 2 is 1.80 bits per heavy atom. The van der Waals surface area contributed by atoms with Gasteiger partial charge in [-0.15, -0.1) is 0 Å². The summed E-state index contributed by atoms with van der Waals surface area (Å²) in [5.41, 5.74) is 4.01. The summed E-state index contributed by atoms with van der Waals surface area (Å²) in [4.78, 5) is 12.3. The third-order valence-corrected chi connectivity index (χ3v) is 7.34. The largest absolute Gasteiger partial charge is 0.295 e. The molecule has 0 saturated carbocycles. The molecule has 1 saturated heterocycles. The molecule has 1 aliphatic carbocycles. The first kappa shape index (κ1) is 18.1. The second-order valence-corrected chi connectivity index (χ2v) is 9.29. The van der Waals surface area contributed by atoms with Gasteiger partial charge in [0.2, 0.25) is 10.0 Å². The number of allylic oxidation sites excluding steroid dienone is 2. The van der Waals surface area contributed by atoms with Crippen molar-refractivity contribution in [1.82, 2.24) is 4.31 Å². The standard InChI is InChI=1S/C20H25NO3S/c1-13-5-7-18(8-6-13)25(23,24)21-11-17-10-19(16(4)22)14(2)9-15(3)20(17)12-21/h5-8,17,20H,3,9-12H2,1-2,4H3. The molecule has 0 bridgehead atoms. The van der Waals surface area contributed by atoms with Crippen molar-refractivity contribution >= 4 is 15.8 Å². The van der Waals surface area contributed by atoms with Crippen LogP contribution in [0.2, 0.25) is 0 Å². The zero-order chi connectivity index (χ0) is 18.4. The Morgan fingerprint density at radius 3 is 2.40 bits per heavy atom. The molecule has 5 heteroatoms. The fourth-order valence-corrected chi connectivity index (χ4v) is 5.54. The van der Waals surface area contributed by atoms with Crippen molar-refractivity contribution in [1.29, 1.82) is 0 Å². The molecular weight excluding hydrogens is 334 g/mol. The molecule has 1 aromatic rings. The maximum absolute atomic E-state index is 13.0. The maximum atomic E-state index is 13.0. The van der Waals surface area contributed by atoms with Crippen LogP contribution in [0.15, 0.2) is 52.5 Å². The van der Waals surface area contributed by atoms with E-state index in [1.165, 1.54) is 0 Å². The molecule has 3 rings (SSSR count). The summed E-state index contributed by atoms with van der Waals surface area (Å²) >= 11 is 0. The van der Waals surface area contributed by atoms with Crippen LogP contribution in [0, 0.1) is 18.8 Å². The average Bonchev–Trinajstić information content (AvgIpc) is 2.92. The van der Waals surface area contributed by atoms with Crippen LogP contribution in [0.5, 0.6) is 0 Å². The summed E-state index contributed by atoms with van der Waals surface area (Å²) in [7, 11) is -3.51. The monoisotopic (exact) mass is 359 g/mol. The van der Waals surface area contributed by atoms with Crippen LogP contribution >= 0.6 is 0 Å². The summed E-state index contributed by atoms with van der Waals surface area (Å²) in [5, 5.41) is 0. The van der Waals surface area contributed by atoms with Crippen molar-refractivity contribution in [3.05, 3.63) is 53.1 Å². The number of rotatable bonds is 3. The minimum Gasteiger partial charge on any atom is -0.295 e. The van der Waals surface area contributed by atoms with Crippen molar-refractivity contribution in [2.24, 2.45) is 11.8 Å². The molecule has 0 aromatic heterocycles. The van der Waals surface area contributed by atoms with E-state index in [2.05, 4.69) is 6.58 Å². The number of benzene rings is 1. The van der Waals surface area contributed by atoms with Gasteiger partial charge < -0.3 is 0 Å². The van der Waals surface area contributed by atoms with Gasteiger partial charge in [0.15, 0.2) is 5.78 Å². The number of aryl methyl sites for hydroxylation is 1. The molecule has 1 aliphatic heterocycles. The van der Waals surface area contributed by atoms with Gasteiger partial charge in [-0.1, -0.05) is 35.4 Å². The van der Waals surface area contributed by atoms with Gasteiger partial charge in [-0.3, -0.25) is 4.79 Å². The first-order valence-electron chi connectivity index (χ1n) is 8.64. The van der Waals surface area contributed by atoms with Gasteiger partial charge in [0.25, 0.3) is 0 Å². The van der Waals surface area contributed by atoms with Gasteiger partial charge in [0.05, 0.1) is 4.90 Å². The van der Waals surface area contributed by atoms with Gasteiger partial charge >= 0.3 is 0 Å². The van der Waals surface area contributed by atoms with Crippen molar-refractivity contribution in [2.75, 3.05) is 13.1 Å². The quantitative estimate of drug-likeness (QED) is 0.776. The predicted octanol–water partition coefficient (Wildman–Crippen LogP) is 3.49. The molecule has 2 aliphatic rings. The van der Waals surface area contributed by atoms with Gasteiger partial charge in [0.1, 0.15) is 0 Å². The first-order valence-corrected chi connectivity index (χ1v) is 10.1. The molecule has 2 atom stereocenters. The molecule has 0 radical (unpaired) electrons. The highest BCUT2D eigenvalue weighted by Crippen LogP contribution is 2.41. The smallest absolute Gasteiger partial charge is 0.243 e. The van der Waals surface area contributed by atoms with Crippen LogP contribution in [0.25, 0.3) is 0 Å². The second-order valence-electron chi connectivity index (χ2n) is 7.36. The highest BCUT2D eigenvalue weighted by atomic mass is 32.2. The van der Waals surface area contributed by atoms with Crippen LogP contribution in [0.1, 0.15) is 32.3 Å². The Labute approximate surface area is 150 Å². The van der Waals surface area contributed by atoms with Crippen LogP contribution in [0.4, 0.5) is 0 Å². The van der Waals surface area contributed by atoms with E-state index in [0.717, 1.165) is 22.3 Å². The van der Waals surface area contributed by atoms with E-state index >= 15 is 0 Å². The number of fused-ring (bicyclic) bond motifs is 1. The molecule has 0 spiro atoms. The summed E-state index contributed by atoms with van der Waals surface area (Å²) in [6.45, 7) is 10.6. The topological polar surface area (TPSA) is 54.5 Å². The molecule has 1 aromatic carbocycles. The molecule has 2 unspecified atom stereocenters. The van der Waals surface area contributed by atoms with Gasteiger partial charge in [-0.2, -0.15) is 4.31 Å². The molecule has 1 fully saturated rings. The zero-order valence-corrected chi connectivity index (χ0v) is 15.9. The Balaban J connectivity index is 1.89. The summed E-state index contributed by atoms with van der Waals surface area (Å²) < 4.78 is 27.5.